The van der Waals surface area contributed by atoms with Gasteiger partial charge in [0.25, 0.3) is 0 Å². The van der Waals surface area contributed by atoms with Crippen LogP contribution >= 0.6 is 0 Å². The van der Waals surface area contributed by atoms with E-state index >= 15 is 0 Å². The molecule has 0 fully saturated rings. The fraction of sp³-hybridized carbons (Fsp3) is 0.400. The van der Waals surface area contributed by atoms with Crippen molar-refractivity contribution in [3.63, 3.8) is 0 Å². The highest BCUT2D eigenvalue weighted by Crippen LogP contribution is 2.33. The van der Waals surface area contributed by atoms with Gasteiger partial charge < -0.3 is 0 Å². The average Bonchev–Trinajstić information content (AvgIpc) is 2.06. The van der Waals surface area contributed by atoms with E-state index in [4.69, 9.17) is 0 Å². The van der Waals surface area contributed by atoms with E-state index in [1.54, 1.807) is 6.92 Å². The van der Waals surface area contributed by atoms with E-state index < -0.39 is 17.6 Å². The number of benzene rings is 1. The zero-order valence-corrected chi connectivity index (χ0v) is 7.87. The maximum absolute atomic E-state index is 13.1. The highest BCUT2D eigenvalue weighted by atomic mass is 19.4. The van der Waals surface area contributed by atoms with Gasteiger partial charge in [0.2, 0.25) is 0 Å². The smallest absolute Gasteiger partial charge is 0.207 e. The monoisotopic (exact) mass is 206 g/mol. The molecule has 0 atom stereocenters. The second-order valence-electron chi connectivity index (χ2n) is 3.11. The van der Waals surface area contributed by atoms with Crippen LogP contribution in [0, 0.1) is 12.7 Å². The van der Waals surface area contributed by atoms with Crippen molar-refractivity contribution in [1.29, 1.82) is 0 Å². The Kier molecular flexibility index (Phi) is 2.83. The largest absolute Gasteiger partial charge is 0.416 e. The number of rotatable bonds is 1. The minimum atomic E-state index is -4.48. The lowest BCUT2D eigenvalue weighted by molar-refractivity contribution is -0.138. The van der Waals surface area contributed by atoms with Gasteiger partial charge in [0.1, 0.15) is 5.82 Å². The van der Waals surface area contributed by atoms with Gasteiger partial charge in [0, 0.05) is 0 Å². The van der Waals surface area contributed by atoms with Crippen LogP contribution in [0.5, 0.6) is 0 Å². The first-order valence-corrected chi connectivity index (χ1v) is 4.22. The summed E-state index contributed by atoms with van der Waals surface area (Å²) >= 11 is 0. The Hall–Kier alpha value is -1.06. The Balaban J connectivity index is 3.29. The van der Waals surface area contributed by atoms with Crippen molar-refractivity contribution in [2.45, 2.75) is 26.4 Å². The highest BCUT2D eigenvalue weighted by molar-refractivity contribution is 5.34. The molecule has 78 valence electrons. The molecule has 0 amide bonds. The third-order valence-corrected chi connectivity index (χ3v) is 2.08. The predicted molar refractivity (Wildman–Crippen MR) is 45.5 cm³/mol. The number of halogens is 4. The molecule has 0 aliphatic rings. The summed E-state index contributed by atoms with van der Waals surface area (Å²) in [5.41, 5.74) is -0.515. The van der Waals surface area contributed by atoms with Gasteiger partial charge in [-0.25, -0.2) is 4.39 Å². The Labute approximate surface area is 79.6 Å². The molecular formula is C10H10F4. The standard InChI is InChI=1S/C10H10F4/c1-3-7-4-6(2)8(5-9(7)11)10(12,13)14/h4-5H,3H2,1-2H3. The molecule has 0 radical (unpaired) electrons. The second kappa shape index (κ2) is 3.59. The quantitative estimate of drug-likeness (QED) is 0.614. The minimum absolute atomic E-state index is 0.0655. The van der Waals surface area contributed by atoms with Crippen LogP contribution in [-0.2, 0) is 12.6 Å². The lowest BCUT2D eigenvalue weighted by Gasteiger charge is -2.11. The maximum Gasteiger partial charge on any atom is 0.416 e. The summed E-state index contributed by atoms with van der Waals surface area (Å²) in [6, 6.07) is 1.81. The SMILES string of the molecule is CCc1cc(C)c(C(F)(F)F)cc1F. The van der Waals surface area contributed by atoms with Gasteiger partial charge >= 0.3 is 6.18 Å². The van der Waals surface area contributed by atoms with Crippen molar-refractivity contribution in [3.8, 4) is 0 Å². The van der Waals surface area contributed by atoms with Crippen molar-refractivity contribution in [2.24, 2.45) is 0 Å². The third-order valence-electron chi connectivity index (χ3n) is 2.08. The molecule has 0 aromatic heterocycles. The molecule has 0 saturated carbocycles. The molecule has 0 spiro atoms. The fourth-order valence-electron chi connectivity index (χ4n) is 1.32. The maximum atomic E-state index is 13.1. The van der Waals surface area contributed by atoms with E-state index in [0.717, 1.165) is 0 Å². The van der Waals surface area contributed by atoms with E-state index in [1.807, 2.05) is 0 Å². The molecule has 0 unspecified atom stereocenters. The minimum Gasteiger partial charge on any atom is -0.207 e. The Morgan fingerprint density at radius 1 is 1.21 bits per heavy atom. The summed E-state index contributed by atoms with van der Waals surface area (Å²) in [5.74, 6) is -0.787. The first-order chi connectivity index (χ1) is 6.36. The molecular weight excluding hydrogens is 196 g/mol. The number of hydrogen-bond acceptors (Lipinski definition) is 0. The molecule has 1 rings (SSSR count). The Morgan fingerprint density at radius 3 is 2.21 bits per heavy atom. The van der Waals surface area contributed by atoms with Crippen molar-refractivity contribution in [1.82, 2.24) is 0 Å². The van der Waals surface area contributed by atoms with Gasteiger partial charge in [-0.1, -0.05) is 13.0 Å². The predicted octanol–water partition coefficient (Wildman–Crippen LogP) is 3.72. The molecule has 1 aromatic carbocycles. The summed E-state index contributed by atoms with van der Waals surface area (Å²) in [5, 5.41) is 0. The second-order valence-corrected chi connectivity index (χ2v) is 3.11. The van der Waals surface area contributed by atoms with Crippen LogP contribution in [0.4, 0.5) is 17.6 Å². The molecule has 0 heterocycles. The summed E-state index contributed by atoms with van der Waals surface area (Å²) in [6.45, 7) is 3.03. The van der Waals surface area contributed by atoms with Crippen molar-refractivity contribution in [3.05, 3.63) is 34.6 Å². The van der Waals surface area contributed by atoms with E-state index in [1.165, 1.54) is 13.0 Å². The van der Waals surface area contributed by atoms with Crippen LogP contribution in [-0.4, -0.2) is 0 Å². The molecule has 0 N–H and O–H groups in total. The van der Waals surface area contributed by atoms with E-state index in [9.17, 15) is 17.6 Å². The van der Waals surface area contributed by atoms with Crippen LogP contribution < -0.4 is 0 Å². The van der Waals surface area contributed by atoms with Gasteiger partial charge in [-0.2, -0.15) is 13.2 Å². The van der Waals surface area contributed by atoms with Crippen molar-refractivity contribution in [2.75, 3.05) is 0 Å². The molecule has 0 saturated heterocycles. The topological polar surface area (TPSA) is 0 Å². The molecule has 0 nitrogen and oxygen atoms in total. The number of aryl methyl sites for hydroxylation is 2. The highest BCUT2D eigenvalue weighted by Gasteiger charge is 2.33. The van der Waals surface area contributed by atoms with Gasteiger partial charge in [-0.3, -0.25) is 0 Å². The van der Waals surface area contributed by atoms with Crippen LogP contribution in [0.3, 0.4) is 0 Å². The van der Waals surface area contributed by atoms with E-state index in [2.05, 4.69) is 0 Å². The molecule has 0 bridgehead atoms. The third kappa shape index (κ3) is 2.05. The molecule has 0 aliphatic heterocycles. The van der Waals surface area contributed by atoms with Gasteiger partial charge in [-0.05, 0) is 30.5 Å². The molecule has 4 heteroatoms. The van der Waals surface area contributed by atoms with Gasteiger partial charge in [0.05, 0.1) is 5.56 Å². The van der Waals surface area contributed by atoms with E-state index in [-0.39, 0.29) is 5.56 Å². The van der Waals surface area contributed by atoms with Crippen LogP contribution in [0.25, 0.3) is 0 Å². The summed E-state index contributed by atoms with van der Waals surface area (Å²) < 4.78 is 50.0. The zero-order valence-electron chi connectivity index (χ0n) is 7.87. The van der Waals surface area contributed by atoms with Gasteiger partial charge in [0.15, 0.2) is 0 Å². The normalized spacial score (nSPS) is 11.9. The average molecular weight is 206 g/mol. The first-order valence-electron chi connectivity index (χ1n) is 4.22. The summed E-state index contributed by atoms with van der Waals surface area (Å²) in [6.07, 6.45) is -4.08. The van der Waals surface area contributed by atoms with Crippen LogP contribution in [0.2, 0.25) is 0 Å². The molecule has 14 heavy (non-hydrogen) atoms. The van der Waals surface area contributed by atoms with Crippen LogP contribution in [0.1, 0.15) is 23.6 Å². The molecule has 1 aromatic rings. The lowest BCUT2D eigenvalue weighted by atomic mass is 10.0. The summed E-state index contributed by atoms with van der Waals surface area (Å²) in [4.78, 5) is 0. The number of hydrogen-bond donors (Lipinski definition) is 0. The first kappa shape index (κ1) is 11.0. The Morgan fingerprint density at radius 2 is 1.79 bits per heavy atom. The van der Waals surface area contributed by atoms with Crippen molar-refractivity contribution >= 4 is 0 Å². The lowest BCUT2D eigenvalue weighted by Crippen LogP contribution is -2.09. The molecule has 0 aliphatic carbocycles. The summed E-state index contributed by atoms with van der Waals surface area (Å²) in [7, 11) is 0. The number of alkyl halides is 3. The van der Waals surface area contributed by atoms with Crippen molar-refractivity contribution < 1.29 is 17.6 Å². The van der Waals surface area contributed by atoms with E-state index in [0.29, 0.717) is 18.1 Å². The van der Waals surface area contributed by atoms with Gasteiger partial charge in [-0.15, -0.1) is 0 Å². The fourth-order valence-corrected chi connectivity index (χ4v) is 1.32. The zero-order chi connectivity index (χ0) is 10.9. The Bertz CT molecular complexity index is 339. The van der Waals surface area contributed by atoms with Crippen LogP contribution in [0.15, 0.2) is 12.1 Å².